The van der Waals surface area contributed by atoms with E-state index < -0.39 is 11.3 Å². The maximum absolute atomic E-state index is 13.1. The standard InChI is InChI=1S/C18H22N4O3S2/c1-17-18(2,20(3)15(26)19-17)21(4)16(27)22(17)14(24)10-13(23)11-6-8-12(25-5)9-7-11/h6-9H,10H2,1-5H3,(H,19,26)/t17-,18+/m1/s1. The number of Topliss-reactive ketones (excluding diaryl/α,β-unsaturated/α-hetero) is 1. The van der Waals surface area contributed by atoms with Crippen molar-refractivity contribution in [3.8, 4) is 5.75 Å². The van der Waals surface area contributed by atoms with Gasteiger partial charge in [0.1, 0.15) is 5.75 Å². The van der Waals surface area contributed by atoms with E-state index in [0.717, 1.165) is 0 Å². The Labute approximate surface area is 169 Å². The van der Waals surface area contributed by atoms with Crippen LogP contribution in [-0.4, -0.2) is 69.1 Å². The van der Waals surface area contributed by atoms with Gasteiger partial charge in [0.25, 0.3) is 0 Å². The quantitative estimate of drug-likeness (QED) is 0.459. The van der Waals surface area contributed by atoms with Crippen LogP contribution < -0.4 is 10.1 Å². The van der Waals surface area contributed by atoms with Crippen LogP contribution in [-0.2, 0) is 4.79 Å². The van der Waals surface area contributed by atoms with Crippen LogP contribution in [0, 0.1) is 0 Å². The Morgan fingerprint density at radius 3 is 2.26 bits per heavy atom. The predicted octanol–water partition coefficient (Wildman–Crippen LogP) is 1.58. The molecule has 0 radical (unpaired) electrons. The number of carbonyl (C=O) groups is 2. The zero-order valence-corrected chi connectivity index (χ0v) is 17.5. The number of methoxy groups -OCH3 is 1. The van der Waals surface area contributed by atoms with Crippen LogP contribution in [0.15, 0.2) is 24.3 Å². The molecule has 0 aliphatic carbocycles. The van der Waals surface area contributed by atoms with Crippen LogP contribution in [0.4, 0.5) is 0 Å². The zero-order chi connectivity index (χ0) is 20.1. The number of thiocarbonyl (C=S) groups is 2. The fourth-order valence-electron chi connectivity index (χ4n) is 3.73. The lowest BCUT2D eigenvalue weighted by atomic mass is 9.96. The van der Waals surface area contributed by atoms with Crippen molar-refractivity contribution in [1.29, 1.82) is 0 Å². The predicted molar refractivity (Wildman–Crippen MR) is 109 cm³/mol. The lowest BCUT2D eigenvalue weighted by Crippen LogP contribution is -2.64. The van der Waals surface area contributed by atoms with Crippen molar-refractivity contribution in [2.24, 2.45) is 0 Å². The molecule has 0 bridgehead atoms. The van der Waals surface area contributed by atoms with Gasteiger partial charge in [0, 0.05) is 19.7 Å². The van der Waals surface area contributed by atoms with Crippen LogP contribution in [0.2, 0.25) is 0 Å². The number of ether oxygens (including phenoxy) is 1. The van der Waals surface area contributed by atoms with Gasteiger partial charge in [-0.15, -0.1) is 0 Å². The smallest absolute Gasteiger partial charge is 0.238 e. The van der Waals surface area contributed by atoms with Gasteiger partial charge in [-0.05, 0) is 62.5 Å². The van der Waals surface area contributed by atoms with Crippen molar-refractivity contribution < 1.29 is 14.3 Å². The molecule has 2 atom stereocenters. The number of fused-ring (bicyclic) bond motifs is 1. The van der Waals surface area contributed by atoms with Gasteiger partial charge in [-0.2, -0.15) is 0 Å². The Morgan fingerprint density at radius 1 is 1.11 bits per heavy atom. The zero-order valence-electron chi connectivity index (χ0n) is 15.9. The van der Waals surface area contributed by atoms with Crippen LogP contribution in [0.3, 0.4) is 0 Å². The lowest BCUT2D eigenvalue weighted by molar-refractivity contribution is -0.132. The average molecular weight is 407 g/mol. The van der Waals surface area contributed by atoms with E-state index in [4.69, 9.17) is 29.2 Å². The molecule has 9 heteroatoms. The summed E-state index contributed by atoms with van der Waals surface area (Å²) in [4.78, 5) is 30.9. The highest BCUT2D eigenvalue weighted by molar-refractivity contribution is 7.80. The number of nitrogens with zero attached hydrogens (tertiary/aromatic N) is 3. The molecule has 0 spiro atoms. The highest BCUT2D eigenvalue weighted by atomic mass is 32.1. The van der Waals surface area contributed by atoms with Crippen molar-refractivity contribution in [2.45, 2.75) is 31.6 Å². The van der Waals surface area contributed by atoms with Gasteiger partial charge in [-0.3, -0.25) is 14.5 Å². The third-order valence-electron chi connectivity index (χ3n) is 5.78. The first-order chi connectivity index (χ1) is 12.6. The highest BCUT2D eigenvalue weighted by Gasteiger charge is 2.68. The molecule has 1 amide bonds. The molecule has 2 aliphatic heterocycles. The normalized spacial score (nSPS) is 26.9. The second-order valence-corrected chi connectivity index (χ2v) is 7.73. The van der Waals surface area contributed by atoms with E-state index in [2.05, 4.69) is 5.32 Å². The number of rotatable bonds is 4. The molecule has 27 heavy (non-hydrogen) atoms. The van der Waals surface area contributed by atoms with E-state index in [-0.39, 0.29) is 18.1 Å². The maximum Gasteiger partial charge on any atom is 0.238 e. The van der Waals surface area contributed by atoms with Gasteiger partial charge in [0.2, 0.25) is 5.91 Å². The van der Waals surface area contributed by atoms with E-state index in [1.807, 2.05) is 37.7 Å². The largest absolute Gasteiger partial charge is 0.497 e. The molecule has 0 saturated carbocycles. The Bertz CT molecular complexity index is 844. The number of hydrogen-bond acceptors (Lipinski definition) is 5. The van der Waals surface area contributed by atoms with Crippen molar-refractivity contribution in [1.82, 2.24) is 20.0 Å². The molecule has 7 nitrogen and oxygen atoms in total. The van der Waals surface area contributed by atoms with Crippen molar-refractivity contribution in [3.63, 3.8) is 0 Å². The molecule has 2 aliphatic rings. The second-order valence-electron chi connectivity index (χ2n) is 6.98. The van der Waals surface area contributed by atoms with Crippen LogP contribution in [0.1, 0.15) is 30.6 Å². The third-order valence-corrected chi connectivity index (χ3v) is 6.61. The second kappa shape index (κ2) is 6.42. The van der Waals surface area contributed by atoms with Crippen molar-refractivity contribution in [3.05, 3.63) is 29.8 Å². The number of hydrogen-bond donors (Lipinski definition) is 1. The maximum atomic E-state index is 13.1. The fourth-order valence-corrected chi connectivity index (χ4v) is 4.57. The molecule has 144 valence electrons. The van der Waals surface area contributed by atoms with E-state index in [1.165, 1.54) is 4.90 Å². The molecule has 1 aromatic carbocycles. The summed E-state index contributed by atoms with van der Waals surface area (Å²) >= 11 is 10.9. The number of benzene rings is 1. The molecule has 2 heterocycles. The Morgan fingerprint density at radius 2 is 1.70 bits per heavy atom. The van der Waals surface area contributed by atoms with Crippen molar-refractivity contribution in [2.75, 3.05) is 21.2 Å². The number of likely N-dealkylation sites (N-methyl/N-ethyl adjacent to an activating group) is 2. The van der Waals surface area contributed by atoms with Gasteiger partial charge < -0.3 is 19.9 Å². The van der Waals surface area contributed by atoms with E-state index >= 15 is 0 Å². The fraction of sp³-hybridized carbons (Fsp3) is 0.444. The minimum Gasteiger partial charge on any atom is -0.497 e. The highest BCUT2D eigenvalue weighted by Crippen LogP contribution is 2.45. The molecule has 1 aromatic rings. The Kier molecular flexibility index (Phi) is 4.63. The first-order valence-electron chi connectivity index (χ1n) is 8.42. The molecular weight excluding hydrogens is 384 g/mol. The third kappa shape index (κ3) is 2.60. The summed E-state index contributed by atoms with van der Waals surface area (Å²) in [6.45, 7) is 3.83. The van der Waals surface area contributed by atoms with Gasteiger partial charge >= 0.3 is 0 Å². The van der Waals surface area contributed by atoms with E-state index in [9.17, 15) is 9.59 Å². The molecule has 2 saturated heterocycles. The Balaban J connectivity index is 1.86. The molecule has 1 N–H and O–H groups in total. The summed E-state index contributed by atoms with van der Waals surface area (Å²) in [6, 6.07) is 6.67. The minimum absolute atomic E-state index is 0.278. The molecule has 0 unspecified atom stereocenters. The summed E-state index contributed by atoms with van der Waals surface area (Å²) in [5.41, 5.74) is -1.08. The lowest BCUT2D eigenvalue weighted by Gasteiger charge is -2.41. The van der Waals surface area contributed by atoms with Gasteiger partial charge in [0.05, 0.1) is 13.5 Å². The van der Waals surface area contributed by atoms with Crippen molar-refractivity contribution >= 4 is 46.4 Å². The summed E-state index contributed by atoms with van der Waals surface area (Å²) in [5.74, 6) is -0.000986. The summed E-state index contributed by atoms with van der Waals surface area (Å²) < 4.78 is 5.09. The number of ketones is 1. The molecule has 3 rings (SSSR count). The summed E-state index contributed by atoms with van der Waals surface area (Å²) in [7, 11) is 5.24. The van der Waals surface area contributed by atoms with Gasteiger partial charge in [-0.25, -0.2) is 0 Å². The van der Waals surface area contributed by atoms with Gasteiger partial charge in [0.15, 0.2) is 27.3 Å². The number of nitrogens with one attached hydrogen (secondary N) is 1. The average Bonchev–Trinajstić information content (AvgIpc) is 2.90. The topological polar surface area (TPSA) is 65.1 Å². The van der Waals surface area contributed by atoms with Crippen LogP contribution >= 0.6 is 24.4 Å². The molecule has 0 aromatic heterocycles. The van der Waals surface area contributed by atoms with E-state index in [0.29, 0.717) is 21.5 Å². The molecule has 2 fully saturated rings. The minimum atomic E-state index is -0.873. The van der Waals surface area contributed by atoms with E-state index in [1.54, 1.807) is 31.4 Å². The van der Waals surface area contributed by atoms with Gasteiger partial charge in [-0.1, -0.05) is 0 Å². The van der Waals surface area contributed by atoms with Crippen LogP contribution in [0.5, 0.6) is 5.75 Å². The Hall–Kier alpha value is -2.26. The number of amides is 1. The monoisotopic (exact) mass is 406 g/mol. The first kappa shape index (κ1) is 19.5. The summed E-state index contributed by atoms with van der Waals surface area (Å²) in [6.07, 6.45) is -0.288. The SMILES string of the molecule is COc1ccc(C(=O)CC(=O)N2C(=S)N(C)[C@]3(C)N(C)C(=S)N[C@]23C)cc1. The molecular formula is C18H22N4O3S2. The summed E-state index contributed by atoms with van der Waals surface area (Å²) in [5, 5.41) is 4.09. The first-order valence-corrected chi connectivity index (χ1v) is 9.23. The van der Waals surface area contributed by atoms with Crippen LogP contribution in [0.25, 0.3) is 0 Å². The number of carbonyl (C=O) groups excluding carboxylic acids is 2.